The summed E-state index contributed by atoms with van der Waals surface area (Å²) in [5.74, 6) is -0.156. The molecule has 1 atom stereocenters. The second-order valence-corrected chi connectivity index (χ2v) is 6.33. The van der Waals surface area contributed by atoms with Gasteiger partial charge in [0.05, 0.1) is 16.1 Å². The number of nitro groups is 1. The second-order valence-electron chi connectivity index (χ2n) is 6.33. The van der Waals surface area contributed by atoms with Crippen molar-refractivity contribution in [1.82, 2.24) is 4.90 Å². The first-order valence-corrected chi connectivity index (χ1v) is 8.59. The smallest absolute Gasteiger partial charge is 0.276 e. The van der Waals surface area contributed by atoms with Crippen LogP contribution in [0.25, 0.3) is 0 Å². The van der Waals surface area contributed by atoms with E-state index >= 15 is 0 Å². The summed E-state index contributed by atoms with van der Waals surface area (Å²) < 4.78 is 0. The molecule has 0 radical (unpaired) electrons. The average Bonchev–Trinajstić information content (AvgIpc) is 2.71. The van der Waals surface area contributed by atoms with Crippen LogP contribution in [0.3, 0.4) is 0 Å². The largest absolute Gasteiger partial charge is 0.361 e. The number of amides is 1. The molecule has 1 aliphatic heterocycles. The maximum Gasteiger partial charge on any atom is 0.276 e. The first-order chi connectivity index (χ1) is 13.1. The molecule has 1 heterocycles. The van der Waals surface area contributed by atoms with Crippen molar-refractivity contribution in [1.29, 1.82) is 0 Å². The molecule has 0 fully saturated rings. The number of hydrogen-bond donors (Lipinski definition) is 1. The summed E-state index contributed by atoms with van der Waals surface area (Å²) >= 11 is 0. The lowest BCUT2D eigenvalue weighted by atomic mass is 10.0. The van der Waals surface area contributed by atoms with Crippen LogP contribution in [-0.4, -0.2) is 15.7 Å². The fraction of sp³-hybridized carbons (Fsp3) is 0.0952. The minimum Gasteiger partial charge on any atom is -0.361 e. The highest BCUT2D eigenvalue weighted by Crippen LogP contribution is 2.37. The van der Waals surface area contributed by atoms with E-state index < -0.39 is 11.1 Å². The second kappa shape index (κ2) is 6.92. The third-order valence-electron chi connectivity index (χ3n) is 4.65. The molecule has 3 aromatic rings. The van der Waals surface area contributed by atoms with Crippen LogP contribution in [0.15, 0.2) is 78.9 Å². The number of nitro benzene ring substituents is 1. The van der Waals surface area contributed by atoms with E-state index in [9.17, 15) is 14.9 Å². The van der Waals surface area contributed by atoms with E-state index in [2.05, 4.69) is 5.32 Å². The lowest BCUT2D eigenvalue weighted by molar-refractivity contribution is -0.385. The Morgan fingerprint density at radius 2 is 1.59 bits per heavy atom. The first kappa shape index (κ1) is 16.8. The summed E-state index contributed by atoms with van der Waals surface area (Å²) in [6, 6.07) is 23.3. The summed E-state index contributed by atoms with van der Waals surface area (Å²) in [4.78, 5) is 26.0. The van der Waals surface area contributed by atoms with Gasteiger partial charge in [-0.05, 0) is 23.8 Å². The fourth-order valence-electron chi connectivity index (χ4n) is 3.37. The highest BCUT2D eigenvalue weighted by Gasteiger charge is 2.35. The third kappa shape index (κ3) is 3.13. The van der Waals surface area contributed by atoms with Crippen LogP contribution >= 0.6 is 0 Å². The van der Waals surface area contributed by atoms with Crippen LogP contribution < -0.4 is 5.32 Å². The van der Waals surface area contributed by atoms with Crippen LogP contribution in [0, 0.1) is 10.1 Å². The van der Waals surface area contributed by atoms with Crippen LogP contribution in [0.5, 0.6) is 0 Å². The molecule has 3 aromatic carbocycles. The molecule has 1 amide bonds. The van der Waals surface area contributed by atoms with Gasteiger partial charge in [-0.3, -0.25) is 14.9 Å². The Morgan fingerprint density at radius 3 is 2.37 bits per heavy atom. The van der Waals surface area contributed by atoms with Gasteiger partial charge in [-0.15, -0.1) is 0 Å². The van der Waals surface area contributed by atoms with Crippen LogP contribution in [0.4, 0.5) is 11.4 Å². The predicted octanol–water partition coefficient (Wildman–Crippen LogP) is 4.36. The van der Waals surface area contributed by atoms with E-state index in [0.717, 1.165) is 5.56 Å². The van der Waals surface area contributed by atoms with Gasteiger partial charge in [0, 0.05) is 18.3 Å². The van der Waals surface area contributed by atoms with Gasteiger partial charge in [0.15, 0.2) is 0 Å². The Bertz CT molecular complexity index is 1000. The van der Waals surface area contributed by atoms with Crippen molar-refractivity contribution in [3.8, 4) is 0 Å². The molecule has 6 nitrogen and oxygen atoms in total. The lowest BCUT2D eigenvalue weighted by Gasteiger charge is -2.38. The lowest BCUT2D eigenvalue weighted by Crippen LogP contribution is -2.42. The topological polar surface area (TPSA) is 75.5 Å². The monoisotopic (exact) mass is 359 g/mol. The minimum atomic E-state index is -0.630. The van der Waals surface area contributed by atoms with Crippen molar-refractivity contribution in [2.24, 2.45) is 0 Å². The summed E-state index contributed by atoms with van der Waals surface area (Å²) in [6.07, 6.45) is -0.630. The van der Waals surface area contributed by atoms with Crippen molar-refractivity contribution >= 4 is 17.3 Å². The summed E-state index contributed by atoms with van der Waals surface area (Å²) in [6.45, 7) is 0.345. The number of nitrogens with zero attached hydrogens (tertiary/aromatic N) is 2. The zero-order valence-electron chi connectivity index (χ0n) is 14.4. The maximum atomic E-state index is 13.2. The van der Waals surface area contributed by atoms with E-state index in [4.69, 9.17) is 0 Å². The molecular formula is C21H17N3O3. The molecule has 0 saturated carbocycles. The number of rotatable bonds is 4. The first-order valence-electron chi connectivity index (χ1n) is 8.59. The molecule has 134 valence electrons. The number of anilines is 1. The van der Waals surface area contributed by atoms with Crippen LogP contribution in [0.2, 0.25) is 0 Å². The molecule has 6 heteroatoms. The Kier molecular flexibility index (Phi) is 4.30. The highest BCUT2D eigenvalue weighted by molar-refractivity contribution is 6.01. The van der Waals surface area contributed by atoms with Crippen molar-refractivity contribution in [3.63, 3.8) is 0 Å². The number of nitrogens with one attached hydrogen (secondary N) is 1. The van der Waals surface area contributed by atoms with Gasteiger partial charge in [0.25, 0.3) is 11.6 Å². The zero-order valence-corrected chi connectivity index (χ0v) is 14.4. The summed E-state index contributed by atoms with van der Waals surface area (Å²) in [5, 5.41) is 14.8. The average molecular weight is 359 g/mol. The third-order valence-corrected chi connectivity index (χ3v) is 4.65. The number of benzene rings is 3. The Labute approximate surface area is 156 Å². The van der Waals surface area contributed by atoms with Gasteiger partial charge in [0.1, 0.15) is 6.17 Å². The molecule has 27 heavy (non-hydrogen) atoms. The summed E-state index contributed by atoms with van der Waals surface area (Å²) in [5.41, 5.74) is 2.63. The normalized spacial score (nSPS) is 15.8. The summed E-state index contributed by atoms with van der Waals surface area (Å²) in [7, 11) is 0. The number of fused-ring (bicyclic) bond motifs is 1. The van der Waals surface area contributed by atoms with E-state index in [1.165, 1.54) is 6.07 Å². The van der Waals surface area contributed by atoms with Gasteiger partial charge in [-0.25, -0.2) is 0 Å². The molecule has 4 rings (SSSR count). The Balaban J connectivity index is 1.82. The van der Waals surface area contributed by atoms with E-state index in [1.54, 1.807) is 29.2 Å². The Hall–Kier alpha value is -3.67. The zero-order chi connectivity index (χ0) is 18.8. The fourth-order valence-corrected chi connectivity index (χ4v) is 3.37. The van der Waals surface area contributed by atoms with Crippen molar-refractivity contribution in [2.75, 3.05) is 5.32 Å². The number of carbonyl (C=O) groups excluding carboxylic acids is 1. The number of para-hydroxylation sites is 2. The molecule has 0 bridgehead atoms. The standard InChI is InChI=1S/C21H17N3O3/c25-21-16-10-4-6-12-18(16)22-20(17-11-5-7-13-19(17)24(26)27)23(21)14-15-8-2-1-3-9-15/h1-13,20,22H,14H2/t20-/m0/s1. The molecule has 1 N–H and O–H groups in total. The van der Waals surface area contributed by atoms with Crippen molar-refractivity contribution in [3.05, 3.63) is 106 Å². The van der Waals surface area contributed by atoms with Gasteiger partial charge in [0.2, 0.25) is 0 Å². The minimum absolute atomic E-state index is 0.0137. The van der Waals surface area contributed by atoms with Gasteiger partial charge < -0.3 is 10.2 Å². The number of carbonyl (C=O) groups is 1. The molecule has 0 aromatic heterocycles. The van der Waals surface area contributed by atoms with E-state index in [-0.39, 0.29) is 11.6 Å². The molecule has 0 spiro atoms. The molecule has 0 saturated heterocycles. The van der Waals surface area contributed by atoms with Crippen molar-refractivity contribution in [2.45, 2.75) is 12.7 Å². The molecule has 0 unspecified atom stereocenters. The van der Waals surface area contributed by atoms with Gasteiger partial charge >= 0.3 is 0 Å². The van der Waals surface area contributed by atoms with E-state index in [1.807, 2.05) is 48.5 Å². The van der Waals surface area contributed by atoms with Gasteiger partial charge in [-0.2, -0.15) is 0 Å². The quantitative estimate of drug-likeness (QED) is 0.555. The molecule has 1 aliphatic rings. The van der Waals surface area contributed by atoms with Crippen LogP contribution in [-0.2, 0) is 6.54 Å². The predicted molar refractivity (Wildman–Crippen MR) is 102 cm³/mol. The van der Waals surface area contributed by atoms with Gasteiger partial charge in [-0.1, -0.05) is 54.6 Å². The number of hydrogen-bond acceptors (Lipinski definition) is 4. The molecule has 0 aliphatic carbocycles. The highest BCUT2D eigenvalue weighted by atomic mass is 16.6. The van der Waals surface area contributed by atoms with Crippen molar-refractivity contribution < 1.29 is 9.72 Å². The van der Waals surface area contributed by atoms with Crippen LogP contribution in [0.1, 0.15) is 27.7 Å². The Morgan fingerprint density at radius 1 is 0.926 bits per heavy atom. The molecular weight excluding hydrogens is 342 g/mol. The maximum absolute atomic E-state index is 13.2. The van der Waals surface area contributed by atoms with E-state index in [0.29, 0.717) is 23.4 Å². The SMILES string of the molecule is O=C1c2ccccc2N[C@H](c2ccccc2[N+](=O)[O-])N1Cc1ccccc1.